The summed E-state index contributed by atoms with van der Waals surface area (Å²) in [5.74, 6) is 0.455. The van der Waals surface area contributed by atoms with E-state index >= 15 is 0 Å². The Kier molecular flexibility index (Phi) is 6.12. The Bertz CT molecular complexity index is 980. The van der Waals surface area contributed by atoms with Crippen LogP contribution in [-0.2, 0) is 14.8 Å². The molecule has 0 fully saturated rings. The molecular weight excluding hydrogens is 404 g/mol. The Hall–Kier alpha value is -2.29. The number of likely N-dealkylation sites (N-methyl/N-ethyl adjacent to an activating group) is 1. The van der Waals surface area contributed by atoms with Gasteiger partial charge in [0.2, 0.25) is 15.9 Å². The molecule has 2 aromatic rings. The lowest BCUT2D eigenvalue weighted by Crippen LogP contribution is -2.39. The van der Waals surface area contributed by atoms with Crippen LogP contribution in [0.2, 0.25) is 5.02 Å². The van der Waals surface area contributed by atoms with Crippen molar-refractivity contribution in [3.8, 4) is 11.5 Å². The molecule has 1 unspecified atom stereocenters. The van der Waals surface area contributed by atoms with E-state index in [4.69, 9.17) is 21.1 Å². The summed E-state index contributed by atoms with van der Waals surface area (Å²) in [5, 5.41) is 3.35. The molecule has 1 aliphatic rings. The number of nitrogens with one attached hydrogen (secondary N) is 1. The van der Waals surface area contributed by atoms with Gasteiger partial charge in [0.25, 0.3) is 0 Å². The molecule has 28 heavy (non-hydrogen) atoms. The molecule has 0 radical (unpaired) electrons. The third-order valence-electron chi connectivity index (χ3n) is 4.31. The maximum atomic E-state index is 12.8. The minimum Gasteiger partial charge on any atom is -0.486 e. The number of amides is 1. The normalized spacial score (nSPS) is 14.6. The van der Waals surface area contributed by atoms with E-state index in [0.717, 1.165) is 9.87 Å². The summed E-state index contributed by atoms with van der Waals surface area (Å²) in [4.78, 5) is 12.4. The number of rotatable bonds is 6. The van der Waals surface area contributed by atoms with Crippen LogP contribution in [0.1, 0.15) is 18.5 Å². The van der Waals surface area contributed by atoms with Gasteiger partial charge in [0, 0.05) is 18.1 Å². The van der Waals surface area contributed by atoms with E-state index < -0.39 is 15.9 Å². The number of hydrogen-bond acceptors (Lipinski definition) is 5. The van der Waals surface area contributed by atoms with Crippen molar-refractivity contribution in [2.24, 2.45) is 0 Å². The maximum absolute atomic E-state index is 12.8. The number of nitrogens with zero attached hydrogens (tertiary/aromatic N) is 1. The lowest BCUT2D eigenvalue weighted by atomic mass is 10.1. The van der Waals surface area contributed by atoms with Gasteiger partial charge in [0.05, 0.1) is 17.5 Å². The van der Waals surface area contributed by atoms with Crippen molar-refractivity contribution in [1.29, 1.82) is 0 Å². The fraction of sp³-hybridized carbons (Fsp3) is 0.316. The zero-order chi connectivity index (χ0) is 20.3. The highest BCUT2D eigenvalue weighted by Crippen LogP contribution is 2.32. The lowest BCUT2D eigenvalue weighted by molar-refractivity contribution is -0.121. The monoisotopic (exact) mass is 424 g/mol. The van der Waals surface area contributed by atoms with Gasteiger partial charge in [-0.1, -0.05) is 23.7 Å². The highest BCUT2D eigenvalue weighted by molar-refractivity contribution is 7.89. The van der Waals surface area contributed by atoms with Gasteiger partial charge in [-0.05, 0) is 36.8 Å². The molecule has 0 bridgehead atoms. The molecule has 7 nitrogen and oxygen atoms in total. The third-order valence-corrected chi connectivity index (χ3v) is 6.35. The quantitative estimate of drug-likeness (QED) is 0.770. The number of benzene rings is 2. The van der Waals surface area contributed by atoms with Crippen LogP contribution < -0.4 is 14.8 Å². The van der Waals surface area contributed by atoms with Crippen LogP contribution in [0.15, 0.2) is 47.4 Å². The zero-order valence-electron chi connectivity index (χ0n) is 15.5. The average molecular weight is 425 g/mol. The minimum absolute atomic E-state index is 0.0370. The van der Waals surface area contributed by atoms with Crippen LogP contribution in [0, 0.1) is 0 Å². The lowest BCUT2D eigenvalue weighted by Gasteiger charge is -2.22. The molecule has 1 aliphatic heterocycles. The number of hydrogen-bond donors (Lipinski definition) is 1. The highest BCUT2D eigenvalue weighted by Gasteiger charge is 2.25. The molecule has 3 rings (SSSR count). The molecule has 0 aliphatic carbocycles. The van der Waals surface area contributed by atoms with Gasteiger partial charge in [-0.15, -0.1) is 0 Å². The summed E-state index contributed by atoms with van der Waals surface area (Å²) in [5.41, 5.74) is 0.832. The number of fused-ring (bicyclic) bond motifs is 1. The molecule has 0 saturated heterocycles. The van der Waals surface area contributed by atoms with Gasteiger partial charge in [0.15, 0.2) is 11.5 Å². The maximum Gasteiger partial charge on any atom is 0.243 e. The number of sulfonamides is 1. The Labute approximate surface area is 169 Å². The first kappa shape index (κ1) is 20.4. The van der Waals surface area contributed by atoms with Crippen molar-refractivity contribution in [2.45, 2.75) is 17.9 Å². The standard InChI is InChI=1S/C19H21ClN2O5S/c1-13(14-4-3-5-15(20)10-14)21-19(23)12-22(2)28(24,25)16-6-7-17-18(11-16)27-9-8-26-17/h3-7,10-11,13H,8-9,12H2,1-2H3,(H,21,23). The van der Waals surface area contributed by atoms with Crippen molar-refractivity contribution in [3.63, 3.8) is 0 Å². The zero-order valence-corrected chi connectivity index (χ0v) is 17.1. The summed E-state index contributed by atoms with van der Waals surface area (Å²) in [7, 11) is -2.50. The van der Waals surface area contributed by atoms with Crippen molar-refractivity contribution in [2.75, 3.05) is 26.8 Å². The minimum atomic E-state index is -3.86. The molecule has 2 aromatic carbocycles. The highest BCUT2D eigenvalue weighted by atomic mass is 35.5. The number of carbonyl (C=O) groups excluding carboxylic acids is 1. The number of ether oxygens (including phenoxy) is 2. The van der Waals surface area contributed by atoms with Crippen LogP contribution in [0.4, 0.5) is 0 Å². The molecular formula is C19H21ClN2O5S. The van der Waals surface area contributed by atoms with E-state index in [2.05, 4.69) is 5.32 Å². The van der Waals surface area contributed by atoms with Crippen LogP contribution in [-0.4, -0.2) is 45.4 Å². The largest absolute Gasteiger partial charge is 0.486 e. The van der Waals surface area contributed by atoms with E-state index in [-0.39, 0.29) is 17.5 Å². The molecule has 0 aromatic heterocycles. The molecule has 1 atom stereocenters. The summed E-state index contributed by atoms with van der Waals surface area (Å²) < 4.78 is 37.4. The molecule has 0 spiro atoms. The summed E-state index contributed by atoms with van der Waals surface area (Å²) in [6, 6.07) is 11.2. The van der Waals surface area contributed by atoms with E-state index in [9.17, 15) is 13.2 Å². The van der Waals surface area contributed by atoms with Crippen molar-refractivity contribution < 1.29 is 22.7 Å². The van der Waals surface area contributed by atoms with Crippen LogP contribution >= 0.6 is 11.6 Å². The molecule has 9 heteroatoms. The van der Waals surface area contributed by atoms with Gasteiger partial charge < -0.3 is 14.8 Å². The van der Waals surface area contributed by atoms with Gasteiger partial charge in [-0.25, -0.2) is 8.42 Å². The van der Waals surface area contributed by atoms with E-state index in [0.29, 0.717) is 29.7 Å². The van der Waals surface area contributed by atoms with Crippen LogP contribution in [0.3, 0.4) is 0 Å². The van der Waals surface area contributed by atoms with Gasteiger partial charge in [0.1, 0.15) is 13.2 Å². The summed E-state index contributed by atoms with van der Waals surface area (Å²) in [6.45, 7) is 2.26. The first-order valence-corrected chi connectivity index (χ1v) is 10.5. The average Bonchev–Trinajstić information content (AvgIpc) is 2.67. The van der Waals surface area contributed by atoms with E-state index in [1.165, 1.54) is 19.2 Å². The second kappa shape index (κ2) is 8.38. The smallest absolute Gasteiger partial charge is 0.243 e. The Morgan fingerprint density at radius 1 is 1.18 bits per heavy atom. The number of carbonyl (C=O) groups is 1. The summed E-state index contributed by atoms with van der Waals surface area (Å²) in [6.07, 6.45) is 0. The van der Waals surface area contributed by atoms with E-state index in [1.807, 2.05) is 6.07 Å². The first-order chi connectivity index (χ1) is 13.3. The predicted molar refractivity (Wildman–Crippen MR) is 105 cm³/mol. The van der Waals surface area contributed by atoms with Gasteiger partial charge in [-0.2, -0.15) is 4.31 Å². The molecule has 150 valence electrons. The Morgan fingerprint density at radius 2 is 1.89 bits per heavy atom. The van der Waals surface area contributed by atoms with Gasteiger partial charge in [-0.3, -0.25) is 4.79 Å². The Morgan fingerprint density at radius 3 is 2.61 bits per heavy atom. The molecule has 1 amide bonds. The SMILES string of the molecule is CC(NC(=O)CN(C)S(=O)(=O)c1ccc2c(c1)OCCO2)c1cccc(Cl)c1. The first-order valence-electron chi connectivity index (χ1n) is 8.68. The Balaban J connectivity index is 1.67. The molecule has 0 saturated carbocycles. The summed E-state index contributed by atoms with van der Waals surface area (Å²) >= 11 is 5.97. The molecule has 1 heterocycles. The third kappa shape index (κ3) is 4.57. The fourth-order valence-corrected chi connectivity index (χ4v) is 4.14. The van der Waals surface area contributed by atoms with Crippen molar-refractivity contribution in [3.05, 3.63) is 53.1 Å². The fourth-order valence-electron chi connectivity index (χ4n) is 2.80. The van der Waals surface area contributed by atoms with Crippen LogP contribution in [0.5, 0.6) is 11.5 Å². The van der Waals surface area contributed by atoms with Crippen LogP contribution in [0.25, 0.3) is 0 Å². The van der Waals surface area contributed by atoms with Crippen molar-refractivity contribution >= 4 is 27.5 Å². The second-order valence-electron chi connectivity index (χ2n) is 6.41. The second-order valence-corrected chi connectivity index (χ2v) is 8.89. The topological polar surface area (TPSA) is 84.9 Å². The van der Waals surface area contributed by atoms with Crippen molar-refractivity contribution in [1.82, 2.24) is 9.62 Å². The number of halogens is 1. The van der Waals surface area contributed by atoms with E-state index in [1.54, 1.807) is 31.2 Å². The van der Waals surface area contributed by atoms with Gasteiger partial charge >= 0.3 is 0 Å². The molecule has 1 N–H and O–H groups in total. The predicted octanol–water partition coefficient (Wildman–Crippen LogP) is 2.61.